The molecule has 0 unspecified atom stereocenters. The van der Waals surface area contributed by atoms with Crippen LogP contribution in [0.2, 0.25) is 0 Å². The number of nitrogens with zero attached hydrogens (tertiary/aromatic N) is 1. The molecule has 0 amide bonds. The minimum Gasteiger partial charge on any atom is -0.467 e. The Balaban J connectivity index is 2.25. The molecule has 4 heteroatoms. The van der Waals surface area contributed by atoms with Crippen LogP contribution in [0.25, 0.3) is 0 Å². The van der Waals surface area contributed by atoms with E-state index < -0.39 is 0 Å². The third-order valence-corrected chi connectivity index (χ3v) is 2.84. The number of benzene rings is 1. The van der Waals surface area contributed by atoms with E-state index in [-0.39, 0.29) is 5.82 Å². The van der Waals surface area contributed by atoms with Gasteiger partial charge in [-0.05, 0) is 36.7 Å². The van der Waals surface area contributed by atoms with Crippen molar-refractivity contribution in [2.24, 2.45) is 5.73 Å². The highest BCUT2D eigenvalue weighted by Crippen LogP contribution is 2.25. The van der Waals surface area contributed by atoms with Gasteiger partial charge in [-0.15, -0.1) is 0 Å². The summed E-state index contributed by atoms with van der Waals surface area (Å²) in [6, 6.07) is 8.79. The Hall–Kier alpha value is -1.81. The zero-order valence-electron chi connectivity index (χ0n) is 10.4. The maximum Gasteiger partial charge on any atom is 0.146 e. The van der Waals surface area contributed by atoms with Crippen molar-refractivity contribution in [2.75, 3.05) is 18.5 Å². The minimum atomic E-state index is -0.227. The van der Waals surface area contributed by atoms with Gasteiger partial charge < -0.3 is 15.1 Å². The highest BCUT2D eigenvalue weighted by Gasteiger charge is 2.13. The first kappa shape index (κ1) is 12.6. The van der Waals surface area contributed by atoms with Crippen molar-refractivity contribution in [3.8, 4) is 0 Å². The summed E-state index contributed by atoms with van der Waals surface area (Å²) in [5, 5.41) is 0. The second kappa shape index (κ2) is 5.69. The number of rotatable bonds is 5. The molecule has 0 aliphatic rings. The molecule has 2 rings (SSSR count). The monoisotopic (exact) mass is 248 g/mol. The molecule has 0 bridgehead atoms. The second-order valence-corrected chi connectivity index (χ2v) is 4.22. The first-order chi connectivity index (χ1) is 8.72. The summed E-state index contributed by atoms with van der Waals surface area (Å²) in [7, 11) is 1.85. The highest BCUT2D eigenvalue weighted by atomic mass is 19.1. The predicted molar refractivity (Wildman–Crippen MR) is 70.0 cm³/mol. The number of hydrogen-bond donors (Lipinski definition) is 1. The van der Waals surface area contributed by atoms with Crippen LogP contribution in [0.4, 0.5) is 10.1 Å². The molecule has 1 aromatic heterocycles. The van der Waals surface area contributed by atoms with Crippen molar-refractivity contribution < 1.29 is 8.81 Å². The van der Waals surface area contributed by atoms with Crippen LogP contribution in [0.3, 0.4) is 0 Å². The fourth-order valence-corrected chi connectivity index (χ4v) is 2.06. The van der Waals surface area contributed by atoms with Crippen LogP contribution in [0.5, 0.6) is 0 Å². The SMILES string of the molecule is CN(Cc1ccco1)c1c(F)cccc1CCN. The number of para-hydroxylation sites is 1. The lowest BCUT2D eigenvalue weighted by atomic mass is 10.1. The molecule has 0 radical (unpaired) electrons. The maximum atomic E-state index is 13.9. The number of halogens is 1. The molecule has 0 spiro atoms. The van der Waals surface area contributed by atoms with Gasteiger partial charge in [-0.25, -0.2) is 4.39 Å². The Labute approximate surface area is 106 Å². The number of nitrogens with two attached hydrogens (primary N) is 1. The van der Waals surface area contributed by atoms with E-state index in [4.69, 9.17) is 10.2 Å². The molecule has 1 aromatic carbocycles. The van der Waals surface area contributed by atoms with Crippen LogP contribution in [0.15, 0.2) is 41.0 Å². The third kappa shape index (κ3) is 2.71. The normalized spacial score (nSPS) is 10.6. The molecule has 0 aliphatic heterocycles. The number of furan rings is 1. The van der Waals surface area contributed by atoms with Gasteiger partial charge in [-0.1, -0.05) is 12.1 Å². The Kier molecular flexibility index (Phi) is 3.99. The molecular weight excluding hydrogens is 231 g/mol. The maximum absolute atomic E-state index is 13.9. The van der Waals surface area contributed by atoms with Gasteiger partial charge in [0.05, 0.1) is 18.5 Å². The lowest BCUT2D eigenvalue weighted by Crippen LogP contribution is -2.20. The molecule has 1 heterocycles. The zero-order chi connectivity index (χ0) is 13.0. The van der Waals surface area contributed by atoms with E-state index in [1.165, 1.54) is 6.07 Å². The average Bonchev–Trinajstić information content (AvgIpc) is 2.82. The number of anilines is 1. The van der Waals surface area contributed by atoms with Gasteiger partial charge in [-0.3, -0.25) is 0 Å². The summed E-state index contributed by atoms with van der Waals surface area (Å²) in [6.45, 7) is 1.04. The van der Waals surface area contributed by atoms with Crippen LogP contribution in [0, 0.1) is 5.82 Å². The molecular formula is C14H17FN2O. The molecule has 2 aromatic rings. The molecule has 0 atom stereocenters. The predicted octanol–water partition coefficient (Wildman–Crippen LogP) is 2.56. The van der Waals surface area contributed by atoms with Crippen molar-refractivity contribution in [3.05, 3.63) is 53.7 Å². The van der Waals surface area contributed by atoms with Crippen LogP contribution in [-0.2, 0) is 13.0 Å². The summed E-state index contributed by atoms with van der Waals surface area (Å²) >= 11 is 0. The molecule has 0 saturated carbocycles. The van der Waals surface area contributed by atoms with Crippen LogP contribution in [0.1, 0.15) is 11.3 Å². The largest absolute Gasteiger partial charge is 0.467 e. The Morgan fingerprint density at radius 3 is 2.78 bits per heavy atom. The van der Waals surface area contributed by atoms with Gasteiger partial charge in [0.25, 0.3) is 0 Å². The van der Waals surface area contributed by atoms with E-state index >= 15 is 0 Å². The standard InChI is InChI=1S/C14H17FN2O/c1-17(10-12-5-3-9-18-12)14-11(7-8-16)4-2-6-13(14)15/h2-6,9H,7-8,10,16H2,1H3. The third-order valence-electron chi connectivity index (χ3n) is 2.84. The van der Waals surface area contributed by atoms with Crippen molar-refractivity contribution in [1.29, 1.82) is 0 Å². The van der Waals surface area contributed by atoms with Gasteiger partial charge >= 0.3 is 0 Å². The van der Waals surface area contributed by atoms with E-state index in [2.05, 4.69) is 0 Å². The van der Waals surface area contributed by atoms with Crippen LogP contribution < -0.4 is 10.6 Å². The smallest absolute Gasteiger partial charge is 0.146 e. The first-order valence-electron chi connectivity index (χ1n) is 5.93. The summed E-state index contributed by atoms with van der Waals surface area (Å²) in [4.78, 5) is 1.85. The highest BCUT2D eigenvalue weighted by molar-refractivity contribution is 5.54. The van der Waals surface area contributed by atoms with Crippen LogP contribution in [-0.4, -0.2) is 13.6 Å². The molecule has 0 fully saturated rings. The lowest BCUT2D eigenvalue weighted by Gasteiger charge is -2.22. The van der Waals surface area contributed by atoms with Gasteiger partial charge in [-0.2, -0.15) is 0 Å². The minimum absolute atomic E-state index is 0.227. The first-order valence-corrected chi connectivity index (χ1v) is 5.93. The summed E-state index contributed by atoms with van der Waals surface area (Å²) in [5.41, 5.74) is 7.08. The van der Waals surface area contributed by atoms with E-state index in [1.54, 1.807) is 12.3 Å². The van der Waals surface area contributed by atoms with Gasteiger partial charge in [0, 0.05) is 7.05 Å². The Morgan fingerprint density at radius 1 is 1.28 bits per heavy atom. The van der Waals surface area contributed by atoms with E-state index in [0.717, 1.165) is 11.3 Å². The molecule has 0 saturated heterocycles. The molecule has 96 valence electrons. The number of hydrogen-bond acceptors (Lipinski definition) is 3. The fourth-order valence-electron chi connectivity index (χ4n) is 2.06. The van der Waals surface area contributed by atoms with Crippen molar-refractivity contribution in [1.82, 2.24) is 0 Å². The molecule has 18 heavy (non-hydrogen) atoms. The zero-order valence-corrected chi connectivity index (χ0v) is 10.4. The Morgan fingerprint density at radius 2 is 2.11 bits per heavy atom. The van der Waals surface area contributed by atoms with E-state index in [9.17, 15) is 4.39 Å². The van der Waals surface area contributed by atoms with Crippen LogP contribution >= 0.6 is 0 Å². The van der Waals surface area contributed by atoms with Crippen molar-refractivity contribution in [3.63, 3.8) is 0 Å². The van der Waals surface area contributed by atoms with E-state index in [0.29, 0.717) is 25.2 Å². The van der Waals surface area contributed by atoms with Crippen molar-refractivity contribution in [2.45, 2.75) is 13.0 Å². The van der Waals surface area contributed by atoms with Gasteiger partial charge in [0.15, 0.2) is 0 Å². The molecule has 0 aliphatic carbocycles. The summed E-state index contributed by atoms with van der Waals surface area (Å²) in [5.74, 6) is 0.578. The van der Waals surface area contributed by atoms with Gasteiger partial charge in [0.2, 0.25) is 0 Å². The molecule has 3 nitrogen and oxygen atoms in total. The van der Waals surface area contributed by atoms with Crippen molar-refractivity contribution >= 4 is 5.69 Å². The Bertz CT molecular complexity index is 497. The summed E-state index contributed by atoms with van der Waals surface area (Å²) in [6.07, 6.45) is 2.28. The fraction of sp³-hybridized carbons (Fsp3) is 0.286. The quantitative estimate of drug-likeness (QED) is 0.884. The molecule has 2 N–H and O–H groups in total. The summed E-state index contributed by atoms with van der Waals surface area (Å²) < 4.78 is 19.2. The second-order valence-electron chi connectivity index (χ2n) is 4.22. The van der Waals surface area contributed by atoms with Gasteiger partial charge in [0.1, 0.15) is 11.6 Å². The topological polar surface area (TPSA) is 42.4 Å². The lowest BCUT2D eigenvalue weighted by molar-refractivity contribution is 0.505. The average molecular weight is 248 g/mol. The van der Waals surface area contributed by atoms with E-state index in [1.807, 2.05) is 30.1 Å².